The quantitative estimate of drug-likeness (QED) is 0.850. The van der Waals surface area contributed by atoms with Gasteiger partial charge in [-0.25, -0.2) is 0 Å². The summed E-state index contributed by atoms with van der Waals surface area (Å²) in [5, 5.41) is 4.85. The first-order valence-electron chi connectivity index (χ1n) is 8.88. The molecule has 3 rings (SSSR count). The largest absolute Gasteiger partial charge is 0.337 e. The van der Waals surface area contributed by atoms with Crippen molar-refractivity contribution in [2.24, 2.45) is 0 Å². The fourth-order valence-electron chi connectivity index (χ4n) is 3.94. The van der Waals surface area contributed by atoms with Crippen molar-refractivity contribution < 1.29 is 4.79 Å². The van der Waals surface area contributed by atoms with Crippen molar-refractivity contribution in [2.75, 3.05) is 26.2 Å². The van der Waals surface area contributed by atoms with Gasteiger partial charge in [0.05, 0.1) is 11.3 Å². The summed E-state index contributed by atoms with van der Waals surface area (Å²) in [5.41, 5.74) is 1.32. The number of aryl methyl sites for hydroxylation is 2. The van der Waals surface area contributed by atoms with Gasteiger partial charge in [-0.05, 0) is 33.1 Å². The standard InChI is InChI=1S/C17H27ClN4O/c1-3-22-16(18)15(13(2)19-22)17(23)21-10-6-9-20(11-12-21)14-7-4-5-8-14/h14H,3-12H2,1-2H3. The summed E-state index contributed by atoms with van der Waals surface area (Å²) in [5.74, 6) is 0.0421. The number of amides is 1. The van der Waals surface area contributed by atoms with Gasteiger partial charge in [-0.1, -0.05) is 24.4 Å². The van der Waals surface area contributed by atoms with E-state index in [1.165, 1.54) is 25.7 Å². The topological polar surface area (TPSA) is 41.4 Å². The number of rotatable bonds is 3. The first kappa shape index (κ1) is 16.8. The van der Waals surface area contributed by atoms with Gasteiger partial charge >= 0.3 is 0 Å². The maximum absolute atomic E-state index is 12.9. The Morgan fingerprint density at radius 1 is 1.17 bits per heavy atom. The molecule has 0 atom stereocenters. The number of nitrogens with zero attached hydrogens (tertiary/aromatic N) is 4. The number of carbonyl (C=O) groups excluding carboxylic acids is 1. The van der Waals surface area contributed by atoms with Gasteiger partial charge in [0.15, 0.2) is 0 Å². The third-order valence-corrected chi connectivity index (χ3v) is 5.62. The number of halogens is 1. The smallest absolute Gasteiger partial charge is 0.258 e. The Morgan fingerprint density at radius 3 is 2.57 bits per heavy atom. The van der Waals surface area contributed by atoms with Crippen LogP contribution in [0.15, 0.2) is 0 Å². The number of aromatic nitrogens is 2. The third-order valence-electron chi connectivity index (χ3n) is 5.24. The summed E-state index contributed by atoms with van der Waals surface area (Å²) in [6.07, 6.45) is 6.40. The number of hydrogen-bond acceptors (Lipinski definition) is 3. The lowest BCUT2D eigenvalue weighted by atomic mass is 10.2. The molecule has 0 radical (unpaired) electrons. The molecule has 0 aromatic carbocycles. The summed E-state index contributed by atoms with van der Waals surface area (Å²) >= 11 is 6.36. The molecule has 23 heavy (non-hydrogen) atoms. The second-order valence-electron chi connectivity index (χ2n) is 6.69. The second-order valence-corrected chi connectivity index (χ2v) is 7.04. The van der Waals surface area contributed by atoms with E-state index in [9.17, 15) is 4.79 Å². The molecule has 1 saturated carbocycles. The van der Waals surface area contributed by atoms with Crippen molar-refractivity contribution in [2.45, 2.75) is 58.5 Å². The van der Waals surface area contributed by atoms with E-state index >= 15 is 0 Å². The van der Waals surface area contributed by atoms with Crippen molar-refractivity contribution in [3.05, 3.63) is 16.4 Å². The molecule has 1 saturated heterocycles. The van der Waals surface area contributed by atoms with E-state index in [1.807, 2.05) is 18.7 Å². The van der Waals surface area contributed by atoms with Crippen LogP contribution in [-0.2, 0) is 6.54 Å². The molecule has 128 valence electrons. The molecule has 0 spiro atoms. The van der Waals surface area contributed by atoms with Crippen molar-refractivity contribution in [3.63, 3.8) is 0 Å². The average molecular weight is 339 g/mol. The summed E-state index contributed by atoms with van der Waals surface area (Å²) in [7, 11) is 0. The van der Waals surface area contributed by atoms with E-state index in [1.54, 1.807) is 4.68 Å². The molecule has 1 aromatic heterocycles. The van der Waals surface area contributed by atoms with Crippen LogP contribution in [-0.4, -0.2) is 57.7 Å². The van der Waals surface area contributed by atoms with E-state index in [-0.39, 0.29) is 5.91 Å². The highest BCUT2D eigenvalue weighted by atomic mass is 35.5. The van der Waals surface area contributed by atoms with E-state index in [2.05, 4.69) is 10.00 Å². The van der Waals surface area contributed by atoms with Gasteiger partial charge in [0, 0.05) is 38.8 Å². The monoisotopic (exact) mass is 338 g/mol. The van der Waals surface area contributed by atoms with E-state index in [0.717, 1.165) is 44.3 Å². The van der Waals surface area contributed by atoms with Gasteiger partial charge in [0.1, 0.15) is 5.15 Å². The van der Waals surface area contributed by atoms with Crippen LogP contribution in [0.1, 0.15) is 55.1 Å². The molecule has 2 heterocycles. The molecule has 5 nitrogen and oxygen atoms in total. The molecule has 1 amide bonds. The summed E-state index contributed by atoms with van der Waals surface area (Å²) in [6, 6.07) is 0.734. The van der Waals surface area contributed by atoms with Crippen LogP contribution in [0.3, 0.4) is 0 Å². The Morgan fingerprint density at radius 2 is 1.91 bits per heavy atom. The van der Waals surface area contributed by atoms with Crippen molar-refractivity contribution in [1.29, 1.82) is 0 Å². The Balaban J connectivity index is 1.69. The second kappa shape index (κ2) is 7.22. The van der Waals surface area contributed by atoms with Gasteiger partial charge in [-0.2, -0.15) is 5.10 Å². The van der Waals surface area contributed by atoms with Gasteiger partial charge in [-0.15, -0.1) is 0 Å². The van der Waals surface area contributed by atoms with Crippen molar-refractivity contribution >= 4 is 17.5 Å². The Kier molecular flexibility index (Phi) is 5.27. The van der Waals surface area contributed by atoms with Gasteiger partial charge in [-0.3, -0.25) is 14.4 Å². The maximum Gasteiger partial charge on any atom is 0.258 e. The summed E-state index contributed by atoms with van der Waals surface area (Å²) in [6.45, 7) is 8.23. The van der Waals surface area contributed by atoms with Gasteiger partial charge in [0.2, 0.25) is 0 Å². The molecular formula is C17H27ClN4O. The predicted molar refractivity (Wildman–Crippen MR) is 92.0 cm³/mol. The minimum atomic E-state index is 0.0421. The molecular weight excluding hydrogens is 312 g/mol. The van der Waals surface area contributed by atoms with Gasteiger partial charge < -0.3 is 4.90 Å². The van der Waals surface area contributed by atoms with Crippen molar-refractivity contribution in [1.82, 2.24) is 19.6 Å². The lowest BCUT2D eigenvalue weighted by Crippen LogP contribution is -2.38. The van der Waals surface area contributed by atoms with Crippen molar-refractivity contribution in [3.8, 4) is 0 Å². The zero-order valence-corrected chi connectivity index (χ0v) is 15.0. The summed E-state index contributed by atoms with van der Waals surface area (Å²) in [4.78, 5) is 17.5. The molecule has 6 heteroatoms. The van der Waals surface area contributed by atoms with Gasteiger partial charge in [0.25, 0.3) is 5.91 Å². The predicted octanol–water partition coefficient (Wildman–Crippen LogP) is 2.96. The lowest BCUT2D eigenvalue weighted by Gasteiger charge is -2.27. The van der Waals surface area contributed by atoms with Crippen LogP contribution in [0.25, 0.3) is 0 Å². The Labute approximate surface area is 143 Å². The van der Waals surface area contributed by atoms with E-state index < -0.39 is 0 Å². The minimum Gasteiger partial charge on any atom is -0.337 e. The van der Waals surface area contributed by atoms with E-state index in [4.69, 9.17) is 11.6 Å². The highest BCUT2D eigenvalue weighted by Gasteiger charge is 2.29. The zero-order valence-electron chi connectivity index (χ0n) is 14.2. The SMILES string of the molecule is CCn1nc(C)c(C(=O)N2CCCN(C3CCCC3)CC2)c1Cl. The highest BCUT2D eigenvalue weighted by molar-refractivity contribution is 6.33. The van der Waals surface area contributed by atoms with Crippen LogP contribution in [0.5, 0.6) is 0 Å². The average Bonchev–Trinajstić information content (AvgIpc) is 3.08. The number of carbonyl (C=O) groups is 1. The fourth-order valence-corrected chi connectivity index (χ4v) is 4.31. The normalized spacial score (nSPS) is 20.9. The number of hydrogen-bond donors (Lipinski definition) is 0. The van der Waals surface area contributed by atoms with E-state index in [0.29, 0.717) is 17.3 Å². The molecule has 2 aliphatic rings. The third kappa shape index (κ3) is 3.41. The molecule has 1 aromatic rings. The maximum atomic E-state index is 12.9. The van der Waals surface area contributed by atoms with Crippen LogP contribution in [0.2, 0.25) is 5.15 Å². The Hall–Kier alpha value is -1.07. The van der Waals surface area contributed by atoms with Crippen LogP contribution in [0.4, 0.5) is 0 Å². The van der Waals surface area contributed by atoms with Crippen LogP contribution >= 0.6 is 11.6 Å². The molecule has 1 aliphatic heterocycles. The summed E-state index contributed by atoms with van der Waals surface area (Å²) < 4.78 is 1.70. The molecule has 0 unspecified atom stereocenters. The van der Waals surface area contributed by atoms with Crippen LogP contribution < -0.4 is 0 Å². The Bertz CT molecular complexity index is 565. The molecule has 0 N–H and O–H groups in total. The van der Waals surface area contributed by atoms with Crippen LogP contribution in [0, 0.1) is 6.92 Å². The minimum absolute atomic E-state index is 0.0421. The highest BCUT2D eigenvalue weighted by Crippen LogP contribution is 2.26. The molecule has 0 bridgehead atoms. The lowest BCUT2D eigenvalue weighted by molar-refractivity contribution is 0.0757. The zero-order chi connectivity index (χ0) is 16.4. The molecule has 2 fully saturated rings. The first-order valence-corrected chi connectivity index (χ1v) is 9.25. The molecule has 1 aliphatic carbocycles. The first-order chi connectivity index (χ1) is 11.1. The fraction of sp³-hybridized carbons (Fsp3) is 0.765.